The van der Waals surface area contributed by atoms with E-state index in [0.717, 1.165) is 10.4 Å². The number of methoxy groups -OCH3 is 1. The van der Waals surface area contributed by atoms with E-state index in [9.17, 15) is 27.8 Å². The van der Waals surface area contributed by atoms with Gasteiger partial charge in [-0.05, 0) is 31.0 Å². The molecule has 0 amide bonds. The van der Waals surface area contributed by atoms with Crippen LogP contribution >= 0.6 is 0 Å². The van der Waals surface area contributed by atoms with E-state index in [2.05, 4.69) is 0 Å². The summed E-state index contributed by atoms with van der Waals surface area (Å²) in [6.07, 6.45) is -0.505. The second kappa shape index (κ2) is 7.27. The number of nitrogens with zero attached hydrogens (tertiary/aromatic N) is 1. The summed E-state index contributed by atoms with van der Waals surface area (Å²) >= 11 is 0. The number of ether oxygens (including phenoxy) is 1. The first-order valence-corrected chi connectivity index (χ1v) is 9.38. The lowest BCUT2D eigenvalue weighted by Crippen LogP contribution is -2.57. The third-order valence-corrected chi connectivity index (χ3v) is 6.47. The molecule has 1 aliphatic rings. The van der Waals surface area contributed by atoms with Crippen molar-refractivity contribution >= 4 is 16.0 Å². The summed E-state index contributed by atoms with van der Waals surface area (Å²) in [6.45, 7) is 1.38. The van der Waals surface area contributed by atoms with E-state index in [1.807, 2.05) is 0 Å². The number of sulfonamides is 1. The Balaban J connectivity index is 2.39. The fraction of sp³-hybridized carbons (Fsp3) is 0.562. The minimum Gasteiger partial charge on any atom is -0.494 e. The molecule has 1 saturated heterocycles. The summed E-state index contributed by atoms with van der Waals surface area (Å²) in [4.78, 5) is 11.5. The largest absolute Gasteiger partial charge is 0.494 e. The zero-order valence-electron chi connectivity index (χ0n) is 14.1. The molecular weight excluding hydrogens is 353 g/mol. The van der Waals surface area contributed by atoms with E-state index >= 15 is 0 Å². The molecule has 1 aromatic carbocycles. The number of piperidine rings is 1. The van der Waals surface area contributed by atoms with Gasteiger partial charge in [-0.15, -0.1) is 0 Å². The predicted octanol–water partition coefficient (Wildman–Crippen LogP) is 1.46. The van der Waals surface area contributed by atoms with Crippen molar-refractivity contribution in [3.8, 4) is 5.75 Å². The van der Waals surface area contributed by atoms with E-state index < -0.39 is 33.3 Å². The first-order chi connectivity index (χ1) is 11.7. The SMILES string of the molecule is CCC[C@]1(C(=O)O)CN(S(=O)(=O)c2ccc(OC)c(F)c2)CC[C@H]1O. The Kier molecular flexibility index (Phi) is 5.70. The van der Waals surface area contributed by atoms with Gasteiger partial charge in [-0.25, -0.2) is 12.8 Å². The molecule has 1 fully saturated rings. The maximum Gasteiger partial charge on any atom is 0.313 e. The maximum atomic E-state index is 13.9. The number of carboxylic acid groups (broad SMARTS) is 1. The van der Waals surface area contributed by atoms with Crippen LogP contribution in [0.3, 0.4) is 0 Å². The van der Waals surface area contributed by atoms with Gasteiger partial charge in [-0.2, -0.15) is 4.31 Å². The highest BCUT2D eigenvalue weighted by Crippen LogP contribution is 2.37. The summed E-state index contributed by atoms with van der Waals surface area (Å²) in [6, 6.07) is 3.27. The van der Waals surface area contributed by atoms with Crippen molar-refractivity contribution in [3.63, 3.8) is 0 Å². The zero-order chi connectivity index (χ0) is 18.8. The molecule has 1 heterocycles. The summed E-state index contributed by atoms with van der Waals surface area (Å²) in [5, 5.41) is 19.8. The van der Waals surface area contributed by atoms with Crippen molar-refractivity contribution in [2.75, 3.05) is 20.2 Å². The molecule has 2 N–H and O–H groups in total. The number of carboxylic acids is 1. The van der Waals surface area contributed by atoms with Crippen LogP contribution in [0.15, 0.2) is 23.1 Å². The van der Waals surface area contributed by atoms with E-state index in [1.54, 1.807) is 6.92 Å². The Morgan fingerprint density at radius 2 is 2.16 bits per heavy atom. The van der Waals surface area contributed by atoms with Crippen LogP contribution in [0, 0.1) is 11.2 Å². The average molecular weight is 375 g/mol. The number of aliphatic hydroxyl groups is 1. The first-order valence-electron chi connectivity index (χ1n) is 7.94. The number of rotatable bonds is 6. The molecule has 0 spiro atoms. The van der Waals surface area contributed by atoms with Crippen LogP contribution in [0.1, 0.15) is 26.2 Å². The third kappa shape index (κ3) is 3.49. The fourth-order valence-electron chi connectivity index (χ4n) is 3.21. The molecule has 0 saturated carbocycles. The molecule has 7 nitrogen and oxygen atoms in total. The van der Waals surface area contributed by atoms with E-state index in [0.29, 0.717) is 6.42 Å². The fourth-order valence-corrected chi connectivity index (χ4v) is 4.75. The number of hydrogen-bond donors (Lipinski definition) is 2. The van der Waals surface area contributed by atoms with Crippen LogP contribution in [0.4, 0.5) is 4.39 Å². The highest BCUT2D eigenvalue weighted by atomic mass is 32.2. The Morgan fingerprint density at radius 1 is 1.48 bits per heavy atom. The van der Waals surface area contributed by atoms with E-state index in [4.69, 9.17) is 4.74 Å². The molecule has 0 bridgehead atoms. The lowest BCUT2D eigenvalue weighted by Gasteiger charge is -2.42. The van der Waals surface area contributed by atoms with Gasteiger partial charge in [-0.3, -0.25) is 4.79 Å². The molecule has 0 aromatic heterocycles. The van der Waals surface area contributed by atoms with Gasteiger partial charge in [0, 0.05) is 13.1 Å². The molecule has 2 atom stereocenters. The highest BCUT2D eigenvalue weighted by Gasteiger charge is 2.50. The smallest absolute Gasteiger partial charge is 0.313 e. The average Bonchev–Trinajstić information content (AvgIpc) is 2.56. The van der Waals surface area contributed by atoms with Gasteiger partial charge in [0.05, 0.1) is 18.1 Å². The minimum atomic E-state index is -4.09. The first kappa shape index (κ1) is 19.6. The van der Waals surface area contributed by atoms with Crippen molar-refractivity contribution in [1.82, 2.24) is 4.31 Å². The maximum absolute atomic E-state index is 13.9. The minimum absolute atomic E-state index is 0.00413. The molecule has 0 unspecified atom stereocenters. The lowest BCUT2D eigenvalue weighted by atomic mass is 9.74. The van der Waals surface area contributed by atoms with Gasteiger partial charge in [0.2, 0.25) is 10.0 Å². The Bertz CT molecular complexity index is 753. The normalized spacial score (nSPS) is 24.9. The molecule has 9 heteroatoms. The molecule has 0 aliphatic carbocycles. The second-order valence-electron chi connectivity index (χ2n) is 6.15. The third-order valence-electron chi connectivity index (χ3n) is 4.63. The highest BCUT2D eigenvalue weighted by molar-refractivity contribution is 7.89. The molecule has 1 aromatic rings. The number of hydrogen-bond acceptors (Lipinski definition) is 5. The van der Waals surface area contributed by atoms with E-state index in [1.165, 1.54) is 19.2 Å². The summed E-state index contributed by atoms with van der Waals surface area (Å²) in [5.74, 6) is -2.14. The van der Waals surface area contributed by atoms with Gasteiger partial charge in [0.15, 0.2) is 11.6 Å². The van der Waals surface area contributed by atoms with Crippen molar-refractivity contribution < 1.29 is 32.6 Å². The topological polar surface area (TPSA) is 104 Å². The monoisotopic (exact) mass is 375 g/mol. The second-order valence-corrected chi connectivity index (χ2v) is 8.09. The molecule has 140 valence electrons. The number of benzene rings is 1. The molecule has 0 radical (unpaired) electrons. The summed E-state index contributed by atoms with van der Waals surface area (Å²) < 4.78 is 45.3. The lowest BCUT2D eigenvalue weighted by molar-refractivity contribution is -0.161. The Morgan fingerprint density at radius 3 is 2.68 bits per heavy atom. The van der Waals surface area contributed by atoms with E-state index in [-0.39, 0.29) is 36.6 Å². The summed E-state index contributed by atoms with van der Waals surface area (Å²) in [5.41, 5.74) is -1.56. The van der Waals surface area contributed by atoms with Crippen LogP contribution in [0.5, 0.6) is 5.75 Å². The van der Waals surface area contributed by atoms with Gasteiger partial charge in [0.1, 0.15) is 5.41 Å². The quantitative estimate of drug-likeness (QED) is 0.780. The molecule has 2 rings (SSSR count). The van der Waals surface area contributed by atoms with Crippen LogP contribution in [0.25, 0.3) is 0 Å². The van der Waals surface area contributed by atoms with Crippen molar-refractivity contribution in [2.24, 2.45) is 5.41 Å². The van der Waals surface area contributed by atoms with Crippen LogP contribution in [-0.2, 0) is 14.8 Å². The van der Waals surface area contributed by atoms with Crippen LogP contribution in [-0.4, -0.2) is 55.2 Å². The summed E-state index contributed by atoms with van der Waals surface area (Å²) in [7, 11) is -2.82. The van der Waals surface area contributed by atoms with Gasteiger partial charge in [0.25, 0.3) is 0 Å². The van der Waals surface area contributed by atoms with Gasteiger partial charge >= 0.3 is 5.97 Å². The number of aliphatic carboxylic acids is 1. The Hall–Kier alpha value is -1.71. The van der Waals surface area contributed by atoms with Crippen LogP contribution in [0.2, 0.25) is 0 Å². The predicted molar refractivity (Wildman–Crippen MR) is 87.3 cm³/mol. The van der Waals surface area contributed by atoms with Crippen molar-refractivity contribution in [3.05, 3.63) is 24.0 Å². The zero-order valence-corrected chi connectivity index (χ0v) is 14.9. The number of halogens is 1. The standard InChI is InChI=1S/C16H22FNO6S/c1-3-7-16(15(20)21)10-18(8-6-14(16)19)25(22,23)11-4-5-13(24-2)12(17)9-11/h4-5,9,14,19H,3,6-8,10H2,1-2H3,(H,20,21)/t14-,16+/m1/s1. The molecule has 1 aliphatic heterocycles. The Labute approximate surface area is 146 Å². The van der Waals surface area contributed by atoms with Gasteiger partial charge in [-0.1, -0.05) is 13.3 Å². The van der Waals surface area contributed by atoms with Crippen LogP contribution < -0.4 is 4.74 Å². The van der Waals surface area contributed by atoms with Crippen molar-refractivity contribution in [2.45, 2.75) is 37.2 Å². The number of aliphatic hydroxyl groups excluding tert-OH is 1. The molecular formula is C16H22FNO6S. The number of carbonyl (C=O) groups is 1. The van der Waals surface area contributed by atoms with Gasteiger partial charge < -0.3 is 14.9 Å². The van der Waals surface area contributed by atoms with Crippen molar-refractivity contribution in [1.29, 1.82) is 0 Å². The molecule has 25 heavy (non-hydrogen) atoms.